The van der Waals surface area contributed by atoms with Crippen molar-refractivity contribution in [2.75, 3.05) is 0 Å². The van der Waals surface area contributed by atoms with Crippen LogP contribution in [0.1, 0.15) is 30.0 Å². The number of phenolic OH excluding ortho intramolecular Hbond substituents is 1. The Labute approximate surface area is 94.7 Å². The van der Waals surface area contributed by atoms with Crippen LogP contribution in [0.15, 0.2) is 12.1 Å². The van der Waals surface area contributed by atoms with E-state index in [1.54, 1.807) is 13.0 Å². The molecule has 0 unspecified atom stereocenters. The Kier molecular flexibility index (Phi) is 3.58. The highest BCUT2D eigenvalue weighted by Gasteiger charge is 2.33. The summed E-state index contributed by atoms with van der Waals surface area (Å²) in [6.45, 7) is 1.75. The predicted molar refractivity (Wildman–Crippen MR) is 59.7 cm³/mol. The highest BCUT2D eigenvalue weighted by Crippen LogP contribution is 2.43. The Morgan fingerprint density at radius 2 is 2.07 bits per heavy atom. The summed E-state index contributed by atoms with van der Waals surface area (Å²) in [6.07, 6.45) is 2.07. The maximum absolute atomic E-state index is 13.4. The number of benzene rings is 1. The lowest BCUT2D eigenvalue weighted by Crippen LogP contribution is -2.14. The first kappa shape index (κ1) is 12.3. The summed E-state index contributed by atoms with van der Waals surface area (Å²) >= 11 is 0. The van der Waals surface area contributed by atoms with Gasteiger partial charge in [0.25, 0.3) is 0 Å². The highest BCUT2D eigenvalue weighted by atomic mass is 35.5. The van der Waals surface area contributed by atoms with Crippen LogP contribution in [0.3, 0.4) is 0 Å². The largest absolute Gasteiger partial charge is 0.507 e. The van der Waals surface area contributed by atoms with E-state index in [4.69, 9.17) is 5.73 Å². The molecule has 1 aliphatic rings. The molecule has 0 amide bonds. The maximum Gasteiger partial charge on any atom is 0.131 e. The number of phenols is 1. The van der Waals surface area contributed by atoms with Gasteiger partial charge in [-0.05, 0) is 37.3 Å². The molecular formula is C11H15ClFNO. The van der Waals surface area contributed by atoms with Crippen molar-refractivity contribution < 1.29 is 9.50 Å². The second-order valence-electron chi connectivity index (χ2n) is 3.99. The lowest BCUT2D eigenvalue weighted by atomic mass is 9.99. The number of halogens is 2. The fourth-order valence-electron chi connectivity index (χ4n) is 1.70. The van der Waals surface area contributed by atoms with E-state index in [2.05, 4.69) is 0 Å². The van der Waals surface area contributed by atoms with Gasteiger partial charge in [-0.2, -0.15) is 0 Å². The van der Waals surface area contributed by atoms with Gasteiger partial charge in [-0.1, -0.05) is 6.07 Å². The fourth-order valence-corrected chi connectivity index (χ4v) is 1.70. The third-order valence-corrected chi connectivity index (χ3v) is 2.83. The minimum absolute atomic E-state index is 0. The Bertz CT molecular complexity index is 366. The average Bonchev–Trinajstić information content (AvgIpc) is 2.95. The molecule has 0 aromatic heterocycles. The number of rotatable bonds is 2. The SMILES string of the molecule is Cc1ccc(F)c([C@@H](N)C2CC2)c1O.Cl. The molecule has 1 aromatic rings. The summed E-state index contributed by atoms with van der Waals surface area (Å²) in [5.41, 5.74) is 6.83. The quantitative estimate of drug-likeness (QED) is 0.822. The van der Waals surface area contributed by atoms with Gasteiger partial charge in [0.1, 0.15) is 11.6 Å². The monoisotopic (exact) mass is 231 g/mol. The molecule has 4 heteroatoms. The molecular weight excluding hydrogens is 217 g/mol. The van der Waals surface area contributed by atoms with Gasteiger partial charge in [0.05, 0.1) is 0 Å². The van der Waals surface area contributed by atoms with E-state index in [-0.39, 0.29) is 29.8 Å². The molecule has 1 aromatic carbocycles. The van der Waals surface area contributed by atoms with E-state index >= 15 is 0 Å². The van der Waals surface area contributed by atoms with Gasteiger partial charge in [0.15, 0.2) is 0 Å². The van der Waals surface area contributed by atoms with Crippen LogP contribution >= 0.6 is 12.4 Å². The van der Waals surface area contributed by atoms with Crippen LogP contribution in [0.25, 0.3) is 0 Å². The number of hydrogen-bond donors (Lipinski definition) is 2. The lowest BCUT2D eigenvalue weighted by Gasteiger charge is -2.14. The van der Waals surface area contributed by atoms with E-state index in [1.807, 2.05) is 0 Å². The summed E-state index contributed by atoms with van der Waals surface area (Å²) in [5, 5.41) is 9.71. The third-order valence-electron chi connectivity index (χ3n) is 2.83. The molecule has 1 aliphatic carbocycles. The summed E-state index contributed by atoms with van der Waals surface area (Å²) in [6, 6.07) is 2.58. The zero-order valence-electron chi connectivity index (χ0n) is 8.53. The van der Waals surface area contributed by atoms with Gasteiger partial charge >= 0.3 is 0 Å². The zero-order chi connectivity index (χ0) is 10.3. The van der Waals surface area contributed by atoms with E-state index < -0.39 is 5.82 Å². The first-order valence-electron chi connectivity index (χ1n) is 4.85. The second-order valence-corrected chi connectivity index (χ2v) is 3.99. The number of aryl methyl sites for hydroxylation is 1. The normalized spacial score (nSPS) is 17.0. The fraction of sp³-hybridized carbons (Fsp3) is 0.455. The smallest absolute Gasteiger partial charge is 0.131 e. The Hall–Kier alpha value is -0.800. The minimum atomic E-state index is -0.396. The van der Waals surface area contributed by atoms with Crippen LogP contribution in [-0.4, -0.2) is 5.11 Å². The molecule has 1 saturated carbocycles. The molecule has 1 atom stereocenters. The van der Waals surface area contributed by atoms with Crippen LogP contribution in [-0.2, 0) is 0 Å². The van der Waals surface area contributed by atoms with E-state index in [0.29, 0.717) is 11.5 Å². The molecule has 0 spiro atoms. The molecule has 0 aliphatic heterocycles. The van der Waals surface area contributed by atoms with Crippen molar-refractivity contribution in [2.45, 2.75) is 25.8 Å². The van der Waals surface area contributed by atoms with Crippen LogP contribution in [0, 0.1) is 18.7 Å². The average molecular weight is 232 g/mol. The maximum atomic E-state index is 13.4. The molecule has 84 valence electrons. The summed E-state index contributed by atoms with van der Waals surface area (Å²) in [5.74, 6) is -0.0332. The second kappa shape index (κ2) is 4.37. The molecule has 2 rings (SSSR count). The third kappa shape index (κ3) is 2.24. The van der Waals surface area contributed by atoms with Crippen LogP contribution in [0.4, 0.5) is 4.39 Å². The summed E-state index contributed by atoms with van der Waals surface area (Å²) in [7, 11) is 0. The van der Waals surface area contributed by atoms with Gasteiger partial charge in [0, 0.05) is 11.6 Å². The zero-order valence-corrected chi connectivity index (χ0v) is 9.35. The van der Waals surface area contributed by atoms with Crippen LogP contribution in [0.5, 0.6) is 5.75 Å². The van der Waals surface area contributed by atoms with Crippen molar-refractivity contribution in [3.63, 3.8) is 0 Å². The van der Waals surface area contributed by atoms with Crippen LogP contribution < -0.4 is 5.73 Å². The van der Waals surface area contributed by atoms with E-state index in [0.717, 1.165) is 12.8 Å². The molecule has 0 radical (unpaired) electrons. The summed E-state index contributed by atoms with van der Waals surface area (Å²) in [4.78, 5) is 0. The minimum Gasteiger partial charge on any atom is -0.507 e. The first-order valence-corrected chi connectivity index (χ1v) is 4.85. The van der Waals surface area contributed by atoms with Gasteiger partial charge in [-0.15, -0.1) is 12.4 Å². The molecule has 3 N–H and O–H groups in total. The molecule has 1 fully saturated rings. The van der Waals surface area contributed by atoms with Crippen molar-refractivity contribution in [2.24, 2.45) is 11.7 Å². The van der Waals surface area contributed by atoms with E-state index in [9.17, 15) is 9.50 Å². The van der Waals surface area contributed by atoms with Gasteiger partial charge in [0.2, 0.25) is 0 Å². The number of nitrogens with two attached hydrogens (primary N) is 1. The first-order chi connectivity index (χ1) is 6.61. The van der Waals surface area contributed by atoms with Crippen molar-refractivity contribution in [1.82, 2.24) is 0 Å². The Morgan fingerprint density at radius 3 is 2.60 bits per heavy atom. The van der Waals surface area contributed by atoms with Crippen LogP contribution in [0.2, 0.25) is 0 Å². The summed E-state index contributed by atoms with van der Waals surface area (Å²) < 4.78 is 13.4. The number of aromatic hydroxyl groups is 1. The molecule has 0 heterocycles. The lowest BCUT2D eigenvalue weighted by molar-refractivity contribution is 0.438. The van der Waals surface area contributed by atoms with Crippen molar-refractivity contribution >= 4 is 12.4 Å². The van der Waals surface area contributed by atoms with E-state index in [1.165, 1.54) is 6.07 Å². The Morgan fingerprint density at radius 1 is 1.47 bits per heavy atom. The van der Waals surface area contributed by atoms with Crippen molar-refractivity contribution in [3.8, 4) is 5.75 Å². The van der Waals surface area contributed by atoms with Crippen molar-refractivity contribution in [3.05, 3.63) is 29.1 Å². The van der Waals surface area contributed by atoms with Gasteiger partial charge in [-0.25, -0.2) is 4.39 Å². The Balaban J connectivity index is 0.00000112. The molecule has 15 heavy (non-hydrogen) atoms. The topological polar surface area (TPSA) is 46.2 Å². The van der Waals surface area contributed by atoms with Crippen molar-refractivity contribution in [1.29, 1.82) is 0 Å². The van der Waals surface area contributed by atoms with Gasteiger partial charge in [-0.3, -0.25) is 0 Å². The predicted octanol–water partition coefficient (Wildman–Crippen LogP) is 2.67. The molecule has 0 saturated heterocycles. The molecule has 2 nitrogen and oxygen atoms in total. The number of hydrogen-bond acceptors (Lipinski definition) is 2. The standard InChI is InChI=1S/C11H14FNO.ClH/c1-6-2-5-8(12)9(11(6)14)10(13)7-3-4-7;/h2,5,7,10,14H,3-4,13H2,1H3;1H/t10-;/m0./s1. The highest BCUT2D eigenvalue weighted by molar-refractivity contribution is 5.85. The van der Waals surface area contributed by atoms with Gasteiger partial charge < -0.3 is 10.8 Å². The molecule has 0 bridgehead atoms.